The molecular formula is C15H13ClO3. The average molecular weight is 277 g/mol. The Morgan fingerprint density at radius 1 is 1.21 bits per heavy atom. The van der Waals surface area contributed by atoms with Gasteiger partial charge in [-0.05, 0) is 42.3 Å². The van der Waals surface area contributed by atoms with Gasteiger partial charge in [-0.1, -0.05) is 23.7 Å². The monoisotopic (exact) mass is 276 g/mol. The maximum atomic E-state index is 10.9. The minimum atomic E-state index is -0.980. The van der Waals surface area contributed by atoms with E-state index in [9.17, 15) is 4.79 Å². The van der Waals surface area contributed by atoms with E-state index in [1.807, 2.05) is 25.1 Å². The van der Waals surface area contributed by atoms with E-state index in [0.717, 1.165) is 16.7 Å². The Morgan fingerprint density at radius 2 is 1.95 bits per heavy atom. The van der Waals surface area contributed by atoms with Crippen LogP contribution in [0.1, 0.15) is 15.9 Å². The molecule has 0 amide bonds. The van der Waals surface area contributed by atoms with Crippen LogP contribution in [-0.4, -0.2) is 18.2 Å². The molecule has 0 saturated carbocycles. The van der Waals surface area contributed by atoms with Crippen molar-refractivity contribution in [3.8, 4) is 16.9 Å². The number of hydrogen-bond acceptors (Lipinski definition) is 2. The zero-order valence-corrected chi connectivity index (χ0v) is 11.4. The Balaban J connectivity index is 2.55. The second-order valence-electron chi connectivity index (χ2n) is 4.18. The first-order chi connectivity index (χ1) is 9.02. The molecule has 0 aliphatic rings. The molecule has 98 valence electrons. The van der Waals surface area contributed by atoms with Gasteiger partial charge in [-0.15, -0.1) is 0 Å². The highest BCUT2D eigenvalue weighted by atomic mass is 35.5. The number of carboxylic acid groups (broad SMARTS) is 1. The van der Waals surface area contributed by atoms with Crippen LogP contribution in [0.2, 0.25) is 5.02 Å². The molecule has 0 atom stereocenters. The molecule has 0 aliphatic heterocycles. The summed E-state index contributed by atoms with van der Waals surface area (Å²) in [5.74, 6) is -0.466. The SMILES string of the molecule is COc1cc(C(=O)O)ccc1-c1ccc(C)c(Cl)c1. The zero-order chi connectivity index (χ0) is 14.0. The third kappa shape index (κ3) is 2.71. The first-order valence-corrected chi connectivity index (χ1v) is 6.08. The lowest BCUT2D eigenvalue weighted by molar-refractivity contribution is 0.0696. The number of halogens is 1. The van der Waals surface area contributed by atoms with Gasteiger partial charge in [0.15, 0.2) is 0 Å². The minimum Gasteiger partial charge on any atom is -0.496 e. The van der Waals surface area contributed by atoms with Crippen molar-refractivity contribution in [2.45, 2.75) is 6.92 Å². The van der Waals surface area contributed by atoms with Crippen LogP contribution in [0.4, 0.5) is 0 Å². The fraction of sp³-hybridized carbons (Fsp3) is 0.133. The topological polar surface area (TPSA) is 46.5 Å². The molecular weight excluding hydrogens is 264 g/mol. The first kappa shape index (κ1) is 13.4. The van der Waals surface area contributed by atoms with Crippen LogP contribution in [0.5, 0.6) is 5.75 Å². The van der Waals surface area contributed by atoms with E-state index in [1.54, 1.807) is 12.1 Å². The fourth-order valence-electron chi connectivity index (χ4n) is 1.82. The van der Waals surface area contributed by atoms with Crippen LogP contribution in [0, 0.1) is 6.92 Å². The van der Waals surface area contributed by atoms with Crippen LogP contribution in [-0.2, 0) is 0 Å². The van der Waals surface area contributed by atoms with E-state index in [1.165, 1.54) is 13.2 Å². The summed E-state index contributed by atoms with van der Waals surface area (Å²) in [6.45, 7) is 1.93. The van der Waals surface area contributed by atoms with Gasteiger partial charge in [-0.25, -0.2) is 4.79 Å². The molecule has 0 bridgehead atoms. The molecule has 2 aromatic rings. The molecule has 0 saturated heterocycles. The van der Waals surface area contributed by atoms with E-state index >= 15 is 0 Å². The van der Waals surface area contributed by atoms with Gasteiger partial charge in [0, 0.05) is 10.6 Å². The van der Waals surface area contributed by atoms with Crippen molar-refractivity contribution in [1.29, 1.82) is 0 Å². The summed E-state index contributed by atoms with van der Waals surface area (Å²) < 4.78 is 5.25. The van der Waals surface area contributed by atoms with Gasteiger partial charge < -0.3 is 9.84 Å². The molecule has 0 aliphatic carbocycles. The maximum Gasteiger partial charge on any atom is 0.335 e. The van der Waals surface area contributed by atoms with Gasteiger partial charge in [-0.2, -0.15) is 0 Å². The highest BCUT2D eigenvalue weighted by Gasteiger charge is 2.11. The van der Waals surface area contributed by atoms with Crippen molar-refractivity contribution in [2.24, 2.45) is 0 Å². The molecule has 0 spiro atoms. The van der Waals surface area contributed by atoms with Gasteiger partial charge in [0.1, 0.15) is 5.75 Å². The van der Waals surface area contributed by atoms with Crippen LogP contribution in [0.3, 0.4) is 0 Å². The van der Waals surface area contributed by atoms with E-state index in [0.29, 0.717) is 10.8 Å². The summed E-state index contributed by atoms with van der Waals surface area (Å²) in [4.78, 5) is 10.9. The number of carbonyl (C=O) groups is 1. The predicted molar refractivity (Wildman–Crippen MR) is 75.1 cm³/mol. The lowest BCUT2D eigenvalue weighted by Crippen LogP contribution is -1.98. The number of ether oxygens (including phenoxy) is 1. The summed E-state index contributed by atoms with van der Waals surface area (Å²) in [5.41, 5.74) is 2.89. The number of benzene rings is 2. The van der Waals surface area contributed by atoms with Crippen LogP contribution in [0.15, 0.2) is 36.4 Å². The number of methoxy groups -OCH3 is 1. The van der Waals surface area contributed by atoms with Gasteiger partial charge >= 0.3 is 5.97 Å². The molecule has 2 aromatic carbocycles. The number of hydrogen-bond donors (Lipinski definition) is 1. The Kier molecular flexibility index (Phi) is 3.76. The molecule has 3 nitrogen and oxygen atoms in total. The van der Waals surface area contributed by atoms with Crippen LogP contribution >= 0.6 is 11.6 Å². The zero-order valence-electron chi connectivity index (χ0n) is 10.6. The van der Waals surface area contributed by atoms with E-state index in [2.05, 4.69) is 0 Å². The summed E-state index contributed by atoms with van der Waals surface area (Å²) in [6, 6.07) is 10.5. The molecule has 1 N–H and O–H groups in total. The first-order valence-electron chi connectivity index (χ1n) is 5.71. The normalized spacial score (nSPS) is 10.3. The molecule has 4 heteroatoms. The van der Waals surface area contributed by atoms with Crippen molar-refractivity contribution >= 4 is 17.6 Å². The van der Waals surface area contributed by atoms with Crippen molar-refractivity contribution in [1.82, 2.24) is 0 Å². The summed E-state index contributed by atoms with van der Waals surface area (Å²) >= 11 is 6.11. The molecule has 19 heavy (non-hydrogen) atoms. The van der Waals surface area contributed by atoms with Gasteiger partial charge in [0.2, 0.25) is 0 Å². The standard InChI is InChI=1S/C15H13ClO3/c1-9-3-4-10(7-13(9)16)12-6-5-11(15(17)18)8-14(12)19-2/h3-8H,1-2H3,(H,17,18). The number of carboxylic acids is 1. The fourth-order valence-corrected chi connectivity index (χ4v) is 2.00. The highest BCUT2D eigenvalue weighted by molar-refractivity contribution is 6.31. The second-order valence-corrected chi connectivity index (χ2v) is 4.59. The summed E-state index contributed by atoms with van der Waals surface area (Å²) in [6.07, 6.45) is 0. The average Bonchev–Trinajstić information content (AvgIpc) is 2.41. The summed E-state index contributed by atoms with van der Waals surface area (Å²) in [5, 5.41) is 9.64. The molecule has 0 aromatic heterocycles. The summed E-state index contributed by atoms with van der Waals surface area (Å²) in [7, 11) is 1.51. The predicted octanol–water partition coefficient (Wildman–Crippen LogP) is 4.02. The maximum absolute atomic E-state index is 10.9. The second kappa shape index (κ2) is 5.33. The van der Waals surface area contributed by atoms with Crippen molar-refractivity contribution in [3.63, 3.8) is 0 Å². The minimum absolute atomic E-state index is 0.193. The number of aromatic carboxylic acids is 1. The van der Waals surface area contributed by atoms with Gasteiger partial charge in [-0.3, -0.25) is 0 Å². The van der Waals surface area contributed by atoms with Crippen molar-refractivity contribution < 1.29 is 14.6 Å². The lowest BCUT2D eigenvalue weighted by atomic mass is 10.0. The molecule has 2 rings (SSSR count). The smallest absolute Gasteiger partial charge is 0.335 e. The van der Waals surface area contributed by atoms with Crippen molar-refractivity contribution in [2.75, 3.05) is 7.11 Å². The Bertz CT molecular complexity index is 635. The molecule has 0 unspecified atom stereocenters. The Hall–Kier alpha value is -2.00. The van der Waals surface area contributed by atoms with Crippen LogP contribution in [0.25, 0.3) is 11.1 Å². The van der Waals surface area contributed by atoms with E-state index in [-0.39, 0.29) is 5.56 Å². The third-order valence-electron chi connectivity index (χ3n) is 2.93. The molecule has 0 radical (unpaired) electrons. The number of aryl methyl sites for hydroxylation is 1. The van der Waals surface area contributed by atoms with E-state index in [4.69, 9.17) is 21.4 Å². The lowest BCUT2D eigenvalue weighted by Gasteiger charge is -2.10. The third-order valence-corrected chi connectivity index (χ3v) is 3.34. The largest absolute Gasteiger partial charge is 0.496 e. The van der Waals surface area contributed by atoms with Crippen molar-refractivity contribution in [3.05, 3.63) is 52.5 Å². The Morgan fingerprint density at radius 3 is 2.53 bits per heavy atom. The van der Waals surface area contributed by atoms with Gasteiger partial charge in [0.05, 0.1) is 12.7 Å². The van der Waals surface area contributed by atoms with Gasteiger partial charge in [0.25, 0.3) is 0 Å². The highest BCUT2D eigenvalue weighted by Crippen LogP contribution is 2.33. The quantitative estimate of drug-likeness (QED) is 0.921. The van der Waals surface area contributed by atoms with Crippen LogP contribution < -0.4 is 4.74 Å². The molecule has 0 fully saturated rings. The Labute approximate surface area is 116 Å². The number of rotatable bonds is 3. The van der Waals surface area contributed by atoms with E-state index < -0.39 is 5.97 Å². The molecule has 0 heterocycles.